The van der Waals surface area contributed by atoms with Gasteiger partial charge in [0, 0.05) is 18.3 Å². The van der Waals surface area contributed by atoms with Crippen molar-refractivity contribution in [1.82, 2.24) is 4.31 Å². The minimum absolute atomic E-state index is 0.00820. The van der Waals surface area contributed by atoms with Crippen molar-refractivity contribution in [3.05, 3.63) is 29.8 Å². The summed E-state index contributed by atoms with van der Waals surface area (Å²) in [4.78, 5) is 0. The molecule has 0 amide bonds. The summed E-state index contributed by atoms with van der Waals surface area (Å²) in [5.74, 6) is 0.516. The lowest BCUT2D eigenvalue weighted by Crippen LogP contribution is -2.35. The zero-order chi connectivity index (χ0) is 14.8. The average Bonchev–Trinajstić information content (AvgIpc) is 3.16. The van der Waals surface area contributed by atoms with Crippen molar-refractivity contribution in [2.45, 2.75) is 44.9 Å². The highest BCUT2D eigenvalue weighted by molar-refractivity contribution is 7.88. The van der Waals surface area contributed by atoms with E-state index in [0.717, 1.165) is 19.3 Å². The molecule has 1 aliphatic rings. The summed E-state index contributed by atoms with van der Waals surface area (Å²) in [6.45, 7) is 4.86. The number of benzene rings is 1. The number of hydrogen-bond donors (Lipinski definition) is 1. The number of nitrogens with two attached hydrogens (primary N) is 1. The van der Waals surface area contributed by atoms with Crippen LogP contribution in [0.1, 0.15) is 38.7 Å². The van der Waals surface area contributed by atoms with Crippen LogP contribution in [0.3, 0.4) is 0 Å². The van der Waals surface area contributed by atoms with Crippen molar-refractivity contribution in [3.8, 4) is 0 Å². The molecule has 0 aromatic heterocycles. The average molecular weight is 296 g/mol. The molecule has 0 spiro atoms. The Bertz CT molecular complexity index is 551. The highest BCUT2D eigenvalue weighted by atomic mass is 32.2. The Hall–Kier alpha value is -1.07. The van der Waals surface area contributed by atoms with Crippen molar-refractivity contribution < 1.29 is 8.42 Å². The van der Waals surface area contributed by atoms with Crippen LogP contribution in [0.4, 0.5) is 5.69 Å². The van der Waals surface area contributed by atoms with E-state index in [1.54, 1.807) is 16.4 Å². The second kappa shape index (κ2) is 6.14. The van der Waals surface area contributed by atoms with Crippen molar-refractivity contribution >= 4 is 15.7 Å². The van der Waals surface area contributed by atoms with E-state index in [4.69, 9.17) is 5.73 Å². The topological polar surface area (TPSA) is 63.4 Å². The summed E-state index contributed by atoms with van der Waals surface area (Å²) >= 11 is 0. The SMILES string of the molecule is CC(C)CCN(C1CC1)S(=O)(=O)Cc1ccccc1N. The zero-order valence-electron chi connectivity index (χ0n) is 12.2. The standard InChI is InChI=1S/C15H24N2O2S/c1-12(2)9-10-17(14-7-8-14)20(18,19)11-13-5-3-4-6-15(13)16/h3-6,12,14H,7-11,16H2,1-2H3. The van der Waals surface area contributed by atoms with Crippen LogP contribution in [0.15, 0.2) is 24.3 Å². The first kappa shape index (κ1) is 15.3. The maximum Gasteiger partial charge on any atom is 0.218 e. The number of rotatable bonds is 7. The third-order valence-corrected chi connectivity index (χ3v) is 5.50. The fourth-order valence-corrected chi connectivity index (χ4v) is 4.11. The lowest BCUT2D eigenvalue weighted by Gasteiger charge is -2.23. The summed E-state index contributed by atoms with van der Waals surface area (Å²) in [5.41, 5.74) is 7.11. The Morgan fingerprint density at radius 2 is 1.95 bits per heavy atom. The van der Waals surface area contributed by atoms with E-state index in [0.29, 0.717) is 23.7 Å². The highest BCUT2D eigenvalue weighted by Crippen LogP contribution is 2.31. The normalized spacial score (nSPS) is 16.0. The van der Waals surface area contributed by atoms with E-state index in [2.05, 4.69) is 13.8 Å². The van der Waals surface area contributed by atoms with Gasteiger partial charge in [0.1, 0.15) is 0 Å². The van der Waals surface area contributed by atoms with Gasteiger partial charge in [-0.25, -0.2) is 8.42 Å². The molecule has 5 heteroatoms. The monoisotopic (exact) mass is 296 g/mol. The molecule has 0 heterocycles. The number of nitrogen functional groups attached to an aromatic ring is 1. The predicted octanol–water partition coefficient (Wildman–Crippen LogP) is 2.61. The van der Waals surface area contributed by atoms with Crippen molar-refractivity contribution in [3.63, 3.8) is 0 Å². The van der Waals surface area contributed by atoms with Crippen LogP contribution in [0.25, 0.3) is 0 Å². The Morgan fingerprint density at radius 1 is 1.30 bits per heavy atom. The highest BCUT2D eigenvalue weighted by Gasteiger charge is 2.36. The maximum absolute atomic E-state index is 12.6. The molecule has 1 aliphatic carbocycles. The second-order valence-corrected chi connectivity index (χ2v) is 7.90. The Morgan fingerprint density at radius 3 is 2.50 bits per heavy atom. The molecule has 2 rings (SSSR count). The van der Waals surface area contributed by atoms with Gasteiger partial charge in [0.25, 0.3) is 0 Å². The van der Waals surface area contributed by atoms with E-state index in [9.17, 15) is 8.42 Å². The van der Waals surface area contributed by atoms with Crippen LogP contribution in [0, 0.1) is 5.92 Å². The van der Waals surface area contributed by atoms with Gasteiger partial charge in [0.05, 0.1) is 5.75 Å². The van der Waals surface area contributed by atoms with Gasteiger partial charge in [0.2, 0.25) is 10.0 Å². The van der Waals surface area contributed by atoms with Gasteiger partial charge in [-0.15, -0.1) is 0 Å². The molecular formula is C15H24N2O2S. The summed E-state index contributed by atoms with van der Waals surface area (Å²) in [5, 5.41) is 0. The Labute approximate surface area is 122 Å². The predicted molar refractivity (Wildman–Crippen MR) is 82.7 cm³/mol. The van der Waals surface area contributed by atoms with E-state index < -0.39 is 10.0 Å². The molecule has 0 bridgehead atoms. The molecule has 0 aliphatic heterocycles. The van der Waals surface area contributed by atoms with Gasteiger partial charge in [-0.05, 0) is 36.8 Å². The molecule has 2 N–H and O–H groups in total. The molecule has 1 fully saturated rings. The zero-order valence-corrected chi connectivity index (χ0v) is 13.1. The van der Waals surface area contributed by atoms with Gasteiger partial charge in [-0.2, -0.15) is 4.31 Å². The lowest BCUT2D eigenvalue weighted by atomic mass is 10.1. The van der Waals surface area contributed by atoms with Gasteiger partial charge in [-0.1, -0.05) is 32.0 Å². The smallest absolute Gasteiger partial charge is 0.218 e. The van der Waals surface area contributed by atoms with Crippen molar-refractivity contribution in [2.24, 2.45) is 5.92 Å². The molecule has 0 unspecified atom stereocenters. The first-order valence-electron chi connectivity index (χ1n) is 7.23. The number of para-hydroxylation sites is 1. The van der Waals surface area contributed by atoms with Crippen LogP contribution < -0.4 is 5.73 Å². The van der Waals surface area contributed by atoms with Gasteiger partial charge < -0.3 is 5.73 Å². The largest absolute Gasteiger partial charge is 0.398 e. The van der Waals surface area contributed by atoms with Gasteiger partial charge >= 0.3 is 0 Å². The Balaban J connectivity index is 2.12. The first-order chi connectivity index (χ1) is 9.40. The molecule has 1 aromatic rings. The minimum atomic E-state index is -3.28. The number of anilines is 1. The number of hydrogen-bond acceptors (Lipinski definition) is 3. The lowest BCUT2D eigenvalue weighted by molar-refractivity contribution is 0.373. The quantitative estimate of drug-likeness (QED) is 0.787. The number of sulfonamides is 1. The summed E-state index contributed by atoms with van der Waals surface area (Å²) in [6.07, 6.45) is 2.88. The Kier molecular flexibility index (Phi) is 4.70. The van der Waals surface area contributed by atoms with E-state index in [1.807, 2.05) is 12.1 Å². The maximum atomic E-state index is 12.6. The van der Waals surface area contributed by atoms with Crippen LogP contribution in [0.2, 0.25) is 0 Å². The molecule has 0 saturated heterocycles. The van der Waals surface area contributed by atoms with Crippen LogP contribution in [0.5, 0.6) is 0 Å². The summed E-state index contributed by atoms with van der Waals surface area (Å²) in [6, 6.07) is 7.41. The molecule has 1 saturated carbocycles. The van der Waals surface area contributed by atoms with Crippen molar-refractivity contribution in [1.29, 1.82) is 0 Å². The van der Waals surface area contributed by atoms with Crippen LogP contribution in [-0.2, 0) is 15.8 Å². The summed E-state index contributed by atoms with van der Waals surface area (Å²) in [7, 11) is -3.28. The third-order valence-electron chi connectivity index (χ3n) is 3.63. The fraction of sp³-hybridized carbons (Fsp3) is 0.600. The van der Waals surface area contributed by atoms with E-state index in [-0.39, 0.29) is 11.8 Å². The molecule has 112 valence electrons. The summed E-state index contributed by atoms with van der Waals surface area (Å²) < 4.78 is 26.9. The fourth-order valence-electron chi connectivity index (χ4n) is 2.24. The molecule has 1 aromatic carbocycles. The molecular weight excluding hydrogens is 272 g/mol. The molecule has 4 nitrogen and oxygen atoms in total. The molecule has 20 heavy (non-hydrogen) atoms. The van der Waals surface area contributed by atoms with Gasteiger partial charge in [-0.3, -0.25) is 0 Å². The number of nitrogens with zero attached hydrogens (tertiary/aromatic N) is 1. The van der Waals surface area contributed by atoms with E-state index in [1.165, 1.54) is 0 Å². The molecule has 0 radical (unpaired) electrons. The van der Waals surface area contributed by atoms with Crippen molar-refractivity contribution in [2.75, 3.05) is 12.3 Å². The minimum Gasteiger partial charge on any atom is -0.398 e. The third kappa shape index (κ3) is 3.96. The second-order valence-electron chi connectivity index (χ2n) is 5.98. The van der Waals surface area contributed by atoms with E-state index >= 15 is 0 Å². The van der Waals surface area contributed by atoms with Crippen LogP contribution in [-0.4, -0.2) is 25.3 Å². The van der Waals surface area contributed by atoms with Crippen LogP contribution >= 0.6 is 0 Å². The van der Waals surface area contributed by atoms with Gasteiger partial charge in [0.15, 0.2) is 0 Å². The first-order valence-corrected chi connectivity index (χ1v) is 8.84. The molecule has 0 atom stereocenters.